The van der Waals surface area contributed by atoms with Crippen LogP contribution in [0.1, 0.15) is 69.4 Å². The lowest BCUT2D eigenvalue weighted by atomic mass is 9.77. The Morgan fingerprint density at radius 1 is 0.897 bits per heavy atom. The van der Waals surface area contributed by atoms with E-state index in [0.29, 0.717) is 4.91 Å². The average molecular weight is 408 g/mol. The minimum Gasteiger partial charge on any atom is -0.282 e. The maximum atomic E-state index is 12.0. The van der Waals surface area contributed by atoms with Gasteiger partial charge in [0, 0.05) is 0 Å². The quantitative estimate of drug-likeness (QED) is 0.617. The number of imide groups is 1. The number of nitrogens with one attached hydrogen (secondary N) is 1. The molecule has 3 rings (SSSR count). The number of rotatable bonds is 3. The van der Waals surface area contributed by atoms with Gasteiger partial charge in [0.25, 0.3) is 11.1 Å². The first-order valence-corrected chi connectivity index (χ1v) is 10.7. The van der Waals surface area contributed by atoms with Crippen LogP contribution in [0.2, 0.25) is 0 Å². The van der Waals surface area contributed by atoms with Gasteiger partial charge in [-0.05, 0) is 62.9 Å². The molecule has 0 aliphatic carbocycles. The molecule has 1 saturated heterocycles. The van der Waals surface area contributed by atoms with Gasteiger partial charge in [-0.3, -0.25) is 14.9 Å². The molecule has 1 aliphatic rings. The van der Waals surface area contributed by atoms with Gasteiger partial charge in [0.15, 0.2) is 0 Å². The molecule has 2 aromatic carbocycles. The fraction of sp³-hybridized carbons (Fsp3) is 0.360. The van der Waals surface area contributed by atoms with Crippen LogP contribution in [0.3, 0.4) is 0 Å². The van der Waals surface area contributed by atoms with Crippen molar-refractivity contribution < 1.29 is 9.59 Å². The predicted molar refractivity (Wildman–Crippen MR) is 122 cm³/mol. The number of thioether (sulfide) groups is 1. The minimum atomic E-state index is -0.320. The lowest BCUT2D eigenvalue weighted by molar-refractivity contribution is -0.115. The van der Waals surface area contributed by atoms with Crippen molar-refractivity contribution in [2.45, 2.75) is 58.8 Å². The Balaban J connectivity index is 2.02. The molecule has 29 heavy (non-hydrogen) atoms. The van der Waals surface area contributed by atoms with Crippen LogP contribution >= 0.6 is 11.8 Å². The predicted octanol–water partition coefficient (Wildman–Crippen LogP) is 6.20. The van der Waals surface area contributed by atoms with Crippen molar-refractivity contribution in [1.29, 1.82) is 0 Å². The summed E-state index contributed by atoms with van der Waals surface area (Å²) in [6, 6.07) is 14.9. The Labute approximate surface area is 178 Å². The summed E-state index contributed by atoms with van der Waals surface area (Å²) in [4.78, 5) is 23.9. The summed E-state index contributed by atoms with van der Waals surface area (Å²) in [6.07, 6.45) is 2.59. The van der Waals surface area contributed by atoms with E-state index in [0.717, 1.165) is 29.3 Å². The molecule has 1 heterocycles. The highest BCUT2D eigenvalue weighted by molar-refractivity contribution is 8.18. The molecule has 1 aliphatic heterocycles. The van der Waals surface area contributed by atoms with Crippen molar-refractivity contribution in [3.05, 3.63) is 75.2 Å². The van der Waals surface area contributed by atoms with E-state index in [1.807, 2.05) is 24.3 Å². The summed E-state index contributed by atoms with van der Waals surface area (Å²) in [5, 5.41) is 2.01. The van der Waals surface area contributed by atoms with Crippen LogP contribution in [0.5, 0.6) is 0 Å². The Morgan fingerprint density at radius 2 is 1.59 bits per heavy atom. The first kappa shape index (κ1) is 21.4. The number of benzene rings is 2. The fourth-order valence-corrected chi connectivity index (χ4v) is 4.17. The Kier molecular flexibility index (Phi) is 5.77. The first-order valence-electron chi connectivity index (χ1n) is 9.92. The van der Waals surface area contributed by atoms with Crippen LogP contribution < -0.4 is 5.32 Å². The van der Waals surface area contributed by atoms with E-state index in [-0.39, 0.29) is 22.0 Å². The molecule has 2 amide bonds. The van der Waals surface area contributed by atoms with Gasteiger partial charge in [-0.1, -0.05) is 84.0 Å². The first-order chi connectivity index (χ1) is 13.4. The molecule has 4 heteroatoms. The van der Waals surface area contributed by atoms with E-state index in [1.165, 1.54) is 16.7 Å². The third-order valence-electron chi connectivity index (χ3n) is 5.15. The van der Waals surface area contributed by atoms with Gasteiger partial charge in [-0.25, -0.2) is 0 Å². The minimum absolute atomic E-state index is 0.0254. The van der Waals surface area contributed by atoms with Gasteiger partial charge in [0.1, 0.15) is 0 Å². The van der Waals surface area contributed by atoms with Gasteiger partial charge < -0.3 is 0 Å². The van der Waals surface area contributed by atoms with E-state index >= 15 is 0 Å². The van der Waals surface area contributed by atoms with Crippen LogP contribution in [0.25, 0.3) is 6.08 Å². The molecule has 3 nitrogen and oxygen atoms in total. The largest absolute Gasteiger partial charge is 0.290 e. The smallest absolute Gasteiger partial charge is 0.282 e. The maximum absolute atomic E-state index is 12.0. The molecule has 0 radical (unpaired) electrons. The highest BCUT2D eigenvalue weighted by atomic mass is 32.2. The second kappa shape index (κ2) is 7.83. The third-order valence-corrected chi connectivity index (χ3v) is 5.96. The highest BCUT2D eigenvalue weighted by Gasteiger charge is 2.26. The Hall–Kier alpha value is -2.33. The zero-order valence-electron chi connectivity index (χ0n) is 18.1. The van der Waals surface area contributed by atoms with Crippen LogP contribution in [-0.4, -0.2) is 11.1 Å². The molecule has 152 valence electrons. The maximum Gasteiger partial charge on any atom is 0.290 e. The van der Waals surface area contributed by atoms with Gasteiger partial charge in [0.05, 0.1) is 4.91 Å². The zero-order chi connectivity index (χ0) is 21.4. The molecule has 0 atom stereocenters. The number of amides is 2. The van der Waals surface area contributed by atoms with Gasteiger partial charge in [0.2, 0.25) is 0 Å². The Bertz CT molecular complexity index is 991. The van der Waals surface area contributed by atoms with Gasteiger partial charge in [-0.15, -0.1) is 0 Å². The fourth-order valence-electron chi connectivity index (χ4n) is 3.50. The zero-order valence-corrected chi connectivity index (χ0v) is 18.9. The van der Waals surface area contributed by atoms with E-state index in [9.17, 15) is 9.59 Å². The lowest BCUT2D eigenvalue weighted by Gasteiger charge is -2.28. The third kappa shape index (κ3) is 4.99. The topological polar surface area (TPSA) is 46.2 Å². The van der Waals surface area contributed by atoms with Crippen molar-refractivity contribution in [3.63, 3.8) is 0 Å². The molecule has 1 N–H and O–H groups in total. The molecular weight excluding hydrogens is 378 g/mol. The van der Waals surface area contributed by atoms with E-state index in [2.05, 4.69) is 71.1 Å². The van der Waals surface area contributed by atoms with Crippen LogP contribution in [0, 0.1) is 0 Å². The van der Waals surface area contributed by atoms with Crippen molar-refractivity contribution in [3.8, 4) is 0 Å². The SMILES string of the molecule is CC(C)(C)c1ccc(Cc2ccccc2/C=C2\SC(=O)NC2=O)c(C(C)(C)C)c1. The second-order valence-corrected chi connectivity index (χ2v) is 10.6. The average Bonchev–Trinajstić information content (AvgIpc) is 2.92. The van der Waals surface area contributed by atoms with E-state index < -0.39 is 0 Å². The van der Waals surface area contributed by atoms with Crippen molar-refractivity contribution in [2.24, 2.45) is 0 Å². The molecule has 0 aromatic heterocycles. The Morgan fingerprint density at radius 3 is 2.17 bits per heavy atom. The summed E-state index contributed by atoms with van der Waals surface area (Å²) >= 11 is 0.957. The number of carbonyl (C=O) groups is 2. The molecule has 0 spiro atoms. The van der Waals surface area contributed by atoms with Crippen molar-refractivity contribution in [1.82, 2.24) is 5.32 Å². The second-order valence-electron chi connectivity index (χ2n) is 9.60. The summed E-state index contributed by atoms with van der Waals surface area (Å²) in [6.45, 7) is 13.5. The molecule has 0 bridgehead atoms. The molecule has 0 unspecified atom stereocenters. The van der Waals surface area contributed by atoms with Crippen LogP contribution in [0.15, 0.2) is 47.4 Å². The summed E-state index contributed by atoms with van der Waals surface area (Å²) < 4.78 is 0. The van der Waals surface area contributed by atoms with Crippen LogP contribution in [-0.2, 0) is 22.0 Å². The van der Waals surface area contributed by atoms with Crippen molar-refractivity contribution >= 4 is 29.0 Å². The van der Waals surface area contributed by atoms with Crippen molar-refractivity contribution in [2.75, 3.05) is 0 Å². The number of hydrogen-bond acceptors (Lipinski definition) is 3. The summed E-state index contributed by atoms with van der Waals surface area (Å²) in [5.41, 5.74) is 6.20. The van der Waals surface area contributed by atoms with E-state index in [4.69, 9.17) is 0 Å². The molecule has 2 aromatic rings. The molecule has 0 saturated carbocycles. The van der Waals surface area contributed by atoms with Gasteiger partial charge in [-0.2, -0.15) is 0 Å². The summed E-state index contributed by atoms with van der Waals surface area (Å²) in [7, 11) is 0. The molecule has 1 fully saturated rings. The van der Waals surface area contributed by atoms with E-state index in [1.54, 1.807) is 0 Å². The van der Waals surface area contributed by atoms with Crippen LogP contribution in [0.4, 0.5) is 4.79 Å². The monoisotopic (exact) mass is 407 g/mol. The van der Waals surface area contributed by atoms with Gasteiger partial charge >= 0.3 is 0 Å². The standard InChI is InChI=1S/C25H29NO2S/c1-24(2,3)19-12-11-18(20(15-19)25(4,5)6)13-16-9-7-8-10-17(16)14-21-22(27)26-23(28)29-21/h7-12,14-15H,13H2,1-6H3,(H,26,27,28)/b21-14-. The summed E-state index contributed by atoms with van der Waals surface area (Å²) in [5.74, 6) is -0.320. The lowest BCUT2D eigenvalue weighted by Crippen LogP contribution is -2.18. The molecular formula is C25H29NO2S. The highest BCUT2D eigenvalue weighted by Crippen LogP contribution is 2.33. The number of carbonyl (C=O) groups excluding carboxylic acids is 2. The number of hydrogen-bond donors (Lipinski definition) is 1. The normalized spacial score (nSPS) is 16.4.